The summed E-state index contributed by atoms with van der Waals surface area (Å²) >= 11 is 1.42. The van der Waals surface area contributed by atoms with Crippen LogP contribution in [0, 0.1) is 23.2 Å². The zero-order valence-corrected chi connectivity index (χ0v) is 36.0. The molecule has 2 amide bonds. The SMILES string of the molecule is Cc1c(-c2ccc(N3CCc4cccc(C(=O)Nc5nc6ccccc6s5)c4C3)nc2C(=O)O)cnn1CC12CC3(C)CC(C)(C1)CC(OCCNC(=O)[C@@H](N)CC(=O)O)(C3)C2. The highest BCUT2D eigenvalue weighted by molar-refractivity contribution is 7.22. The van der Waals surface area contributed by atoms with Crippen LogP contribution < -0.4 is 21.3 Å². The van der Waals surface area contributed by atoms with Crippen LogP contribution in [-0.2, 0) is 33.8 Å². The summed E-state index contributed by atoms with van der Waals surface area (Å²) in [7, 11) is 0. The van der Waals surface area contributed by atoms with Gasteiger partial charge in [-0.05, 0) is 110 Å². The van der Waals surface area contributed by atoms with Crippen LogP contribution in [0.5, 0.6) is 0 Å². The number of hydrogen-bond donors (Lipinski definition) is 5. The maximum absolute atomic E-state index is 13.7. The Hall–Kier alpha value is -5.71. The first-order valence-corrected chi connectivity index (χ1v) is 22.0. The minimum atomic E-state index is -1.14. The zero-order valence-electron chi connectivity index (χ0n) is 35.2. The van der Waals surface area contributed by atoms with Gasteiger partial charge in [0.25, 0.3) is 5.91 Å². The number of carboxylic acids is 2. The lowest BCUT2D eigenvalue weighted by molar-refractivity contribution is -0.247. The molecule has 4 fully saturated rings. The van der Waals surface area contributed by atoms with Crippen LogP contribution in [0.1, 0.15) is 96.5 Å². The molecule has 2 unspecified atom stereocenters. The Labute approximate surface area is 363 Å². The van der Waals surface area contributed by atoms with Gasteiger partial charge >= 0.3 is 11.9 Å². The lowest BCUT2D eigenvalue weighted by Gasteiger charge is -2.69. The summed E-state index contributed by atoms with van der Waals surface area (Å²) in [4.78, 5) is 61.3. The number of para-hydroxylation sites is 1. The van der Waals surface area contributed by atoms with Crippen molar-refractivity contribution in [1.82, 2.24) is 25.1 Å². The smallest absolute Gasteiger partial charge is 0.355 e. The van der Waals surface area contributed by atoms with Crippen molar-refractivity contribution in [1.29, 1.82) is 0 Å². The number of fused-ring (bicyclic) bond motifs is 2. The van der Waals surface area contributed by atoms with E-state index in [1.807, 2.05) is 71.1 Å². The quantitative estimate of drug-likeness (QED) is 0.0764. The van der Waals surface area contributed by atoms with E-state index in [0.29, 0.717) is 60.3 Å². The van der Waals surface area contributed by atoms with E-state index in [9.17, 15) is 24.3 Å². The Morgan fingerprint density at radius 1 is 0.935 bits per heavy atom. The Kier molecular flexibility index (Phi) is 10.5. The molecule has 6 N–H and O–H groups in total. The molecule has 5 aromatic rings. The van der Waals surface area contributed by atoms with Gasteiger partial charge in [0, 0.05) is 48.6 Å². The standard InChI is InChI=1S/C46H52N8O7S/c1-27-31(18-49-54(27)26-45-21-43(2)20-44(3,22-45)24-46(23-43,25-45)61-16-14-48-40(58)33(47)17-37(55)56)29-11-12-36(51-38(29)41(59)60)53-15-13-28-7-6-8-30(32(28)19-53)39(57)52-42-50-34-9-4-5-10-35(34)62-42/h4-12,18,33H,13-17,19-26,47H2,1-3H3,(H,48,58)(H,55,56)(H,59,60)(H,50,52,57)/t33-,43?,44?,45?,46?/m0/s1. The van der Waals surface area contributed by atoms with Crippen molar-refractivity contribution < 1.29 is 34.1 Å². The molecule has 324 valence electrons. The molecule has 16 heteroatoms. The van der Waals surface area contributed by atoms with Crippen molar-refractivity contribution >= 4 is 56.3 Å². The minimum absolute atomic E-state index is 0.0593. The molecule has 4 bridgehead atoms. The average molecular weight is 861 g/mol. The largest absolute Gasteiger partial charge is 0.481 e. The molecule has 3 atom stereocenters. The number of amides is 2. The van der Waals surface area contributed by atoms with Crippen LogP contribution in [-0.4, -0.2) is 85.1 Å². The molecule has 2 aromatic carbocycles. The highest BCUT2D eigenvalue weighted by Crippen LogP contribution is 2.72. The predicted molar refractivity (Wildman–Crippen MR) is 234 cm³/mol. The molecule has 4 saturated carbocycles. The first kappa shape index (κ1) is 41.6. The number of aliphatic carboxylic acids is 1. The van der Waals surface area contributed by atoms with Crippen molar-refractivity contribution in [2.24, 2.45) is 22.0 Å². The molecule has 62 heavy (non-hydrogen) atoms. The Balaban J connectivity index is 0.917. The Bertz CT molecular complexity index is 2570. The summed E-state index contributed by atoms with van der Waals surface area (Å²) in [5.74, 6) is -2.49. The van der Waals surface area contributed by atoms with Gasteiger partial charge in [0.1, 0.15) is 5.82 Å². The number of nitrogens with zero attached hydrogens (tertiary/aromatic N) is 5. The number of anilines is 2. The topological polar surface area (TPSA) is 215 Å². The number of thiazole rings is 1. The first-order valence-electron chi connectivity index (χ1n) is 21.2. The number of aromatic carboxylic acids is 1. The predicted octanol–water partition coefficient (Wildman–Crippen LogP) is 6.43. The van der Waals surface area contributed by atoms with Gasteiger partial charge < -0.3 is 30.9 Å². The molecular formula is C46H52N8O7S. The Morgan fingerprint density at radius 2 is 1.71 bits per heavy atom. The summed E-state index contributed by atoms with van der Waals surface area (Å²) in [6.07, 6.45) is 7.83. The van der Waals surface area contributed by atoms with Crippen molar-refractivity contribution in [3.8, 4) is 11.1 Å². The third-order valence-corrected chi connectivity index (χ3v) is 14.5. The number of carbonyl (C=O) groups is 4. The molecular weight excluding hydrogens is 809 g/mol. The molecule has 5 aliphatic rings. The highest BCUT2D eigenvalue weighted by Gasteiger charge is 2.66. The number of hydrogen-bond acceptors (Lipinski definition) is 11. The molecule has 10 rings (SSSR count). The van der Waals surface area contributed by atoms with Gasteiger partial charge in [0.15, 0.2) is 10.8 Å². The fourth-order valence-corrected chi connectivity index (χ4v) is 13.1. The van der Waals surface area contributed by atoms with Crippen molar-refractivity contribution in [3.63, 3.8) is 0 Å². The van der Waals surface area contributed by atoms with E-state index in [-0.39, 0.29) is 40.0 Å². The summed E-state index contributed by atoms with van der Waals surface area (Å²) in [5, 5.41) is 30.7. The number of carbonyl (C=O) groups excluding carboxylic acids is 2. The fraction of sp³-hybridized carbons (Fsp3) is 0.457. The van der Waals surface area contributed by atoms with Gasteiger partial charge in [-0.1, -0.05) is 49.4 Å². The van der Waals surface area contributed by atoms with Crippen molar-refractivity contribution in [2.45, 2.75) is 96.9 Å². The Morgan fingerprint density at radius 3 is 2.45 bits per heavy atom. The van der Waals surface area contributed by atoms with E-state index in [1.165, 1.54) is 11.3 Å². The number of benzene rings is 2. The van der Waals surface area contributed by atoms with Gasteiger partial charge in [0.2, 0.25) is 5.91 Å². The first-order chi connectivity index (χ1) is 29.5. The molecule has 0 spiro atoms. The lowest BCUT2D eigenvalue weighted by atomic mass is 9.39. The summed E-state index contributed by atoms with van der Waals surface area (Å²) in [6.45, 7) is 8.90. The number of rotatable bonds is 14. The van der Waals surface area contributed by atoms with Crippen molar-refractivity contribution in [2.75, 3.05) is 29.9 Å². The van der Waals surface area contributed by atoms with Gasteiger partial charge in [0.05, 0.1) is 41.1 Å². The van der Waals surface area contributed by atoms with Crippen LogP contribution >= 0.6 is 11.3 Å². The number of ether oxygens (including phenoxy) is 1. The van der Waals surface area contributed by atoms with E-state index >= 15 is 0 Å². The number of nitrogens with two attached hydrogens (primary N) is 1. The van der Waals surface area contributed by atoms with Crippen LogP contribution in [0.15, 0.2) is 60.8 Å². The molecule has 1 aliphatic heterocycles. The van der Waals surface area contributed by atoms with Gasteiger partial charge in [-0.15, -0.1) is 0 Å². The maximum atomic E-state index is 13.7. The lowest BCUT2D eigenvalue weighted by Crippen LogP contribution is -2.64. The van der Waals surface area contributed by atoms with Crippen molar-refractivity contribution in [3.05, 3.63) is 88.9 Å². The number of carboxylic acid groups (broad SMARTS) is 2. The van der Waals surface area contributed by atoms with Crippen LogP contribution in [0.4, 0.5) is 10.9 Å². The van der Waals surface area contributed by atoms with Crippen LogP contribution in [0.3, 0.4) is 0 Å². The van der Waals surface area contributed by atoms with Crippen LogP contribution in [0.25, 0.3) is 21.3 Å². The second-order valence-electron chi connectivity index (χ2n) is 18.9. The molecule has 15 nitrogen and oxygen atoms in total. The van der Waals surface area contributed by atoms with E-state index in [1.54, 1.807) is 6.20 Å². The van der Waals surface area contributed by atoms with Gasteiger partial charge in [-0.2, -0.15) is 5.10 Å². The highest BCUT2D eigenvalue weighted by atomic mass is 32.1. The third kappa shape index (κ3) is 7.95. The number of aromatic nitrogens is 4. The second kappa shape index (κ2) is 15.6. The van der Waals surface area contributed by atoms with E-state index in [4.69, 9.17) is 25.7 Å². The summed E-state index contributed by atoms with van der Waals surface area (Å²) in [5.41, 5.74) is 10.7. The second-order valence-corrected chi connectivity index (χ2v) is 20.0. The minimum Gasteiger partial charge on any atom is -0.481 e. The van der Waals surface area contributed by atoms with Crippen LogP contribution in [0.2, 0.25) is 0 Å². The van der Waals surface area contributed by atoms with Gasteiger partial charge in [-0.3, -0.25) is 24.4 Å². The molecule has 3 aromatic heterocycles. The monoisotopic (exact) mass is 860 g/mol. The molecule has 0 saturated heterocycles. The molecule has 4 aliphatic carbocycles. The molecule has 0 radical (unpaired) electrons. The van der Waals surface area contributed by atoms with E-state index in [2.05, 4.69) is 29.5 Å². The van der Waals surface area contributed by atoms with E-state index in [0.717, 1.165) is 65.6 Å². The number of nitrogens with one attached hydrogen (secondary N) is 2. The maximum Gasteiger partial charge on any atom is 0.355 e. The average Bonchev–Trinajstić information content (AvgIpc) is 3.78. The number of pyridine rings is 1. The molecule has 4 heterocycles. The van der Waals surface area contributed by atoms with E-state index < -0.39 is 30.3 Å². The summed E-state index contributed by atoms with van der Waals surface area (Å²) < 4.78 is 9.74. The fourth-order valence-electron chi connectivity index (χ4n) is 12.3. The van der Waals surface area contributed by atoms with Gasteiger partial charge in [-0.25, -0.2) is 14.8 Å². The third-order valence-electron chi connectivity index (χ3n) is 13.5. The normalized spacial score (nSPS) is 25.4. The zero-order chi connectivity index (χ0) is 43.6. The summed E-state index contributed by atoms with van der Waals surface area (Å²) in [6, 6.07) is 16.1.